The first kappa shape index (κ1) is 14.1. The van der Waals surface area contributed by atoms with Gasteiger partial charge in [0.15, 0.2) is 9.84 Å². The van der Waals surface area contributed by atoms with E-state index >= 15 is 0 Å². The number of hydrogen-bond donors (Lipinski definition) is 0. The molecule has 1 aliphatic rings. The minimum Gasteiger partial charge on any atom is -0.341 e. The normalized spacial score (nSPS) is 21.3. The molecule has 1 aromatic carbocycles. The Morgan fingerprint density at radius 2 is 2.05 bits per heavy atom. The van der Waals surface area contributed by atoms with E-state index in [1.54, 1.807) is 11.9 Å². The molecule has 0 unspecified atom stereocenters. The number of rotatable bonds is 3. The van der Waals surface area contributed by atoms with Crippen LogP contribution in [0.1, 0.15) is 17.5 Å². The first-order chi connectivity index (χ1) is 8.89. The number of carbonyl (C=O) groups excluding carboxylic acids is 1. The molecule has 1 amide bonds. The summed E-state index contributed by atoms with van der Waals surface area (Å²) in [5.41, 5.74) is 2.09. The van der Waals surface area contributed by atoms with Gasteiger partial charge in [-0.05, 0) is 24.5 Å². The predicted molar refractivity (Wildman–Crippen MR) is 74.7 cm³/mol. The molecule has 1 aromatic rings. The van der Waals surface area contributed by atoms with Gasteiger partial charge in [-0.2, -0.15) is 0 Å². The topological polar surface area (TPSA) is 54.5 Å². The maximum absolute atomic E-state index is 12.2. The summed E-state index contributed by atoms with van der Waals surface area (Å²) >= 11 is 0. The third kappa shape index (κ3) is 3.35. The summed E-state index contributed by atoms with van der Waals surface area (Å²) in [5.74, 6) is 0.277. The summed E-state index contributed by atoms with van der Waals surface area (Å²) in [6, 6.07) is 7.60. The van der Waals surface area contributed by atoms with Gasteiger partial charge in [-0.1, -0.05) is 24.3 Å². The van der Waals surface area contributed by atoms with Gasteiger partial charge in [0.05, 0.1) is 17.9 Å². The van der Waals surface area contributed by atoms with E-state index < -0.39 is 9.84 Å². The van der Waals surface area contributed by atoms with E-state index in [1.807, 2.05) is 31.2 Å². The number of likely N-dealkylation sites (N-methyl/N-ethyl adjacent to an activating group) is 1. The Morgan fingerprint density at radius 1 is 1.37 bits per heavy atom. The average molecular weight is 281 g/mol. The van der Waals surface area contributed by atoms with Crippen LogP contribution >= 0.6 is 0 Å². The van der Waals surface area contributed by atoms with E-state index in [-0.39, 0.29) is 23.5 Å². The maximum Gasteiger partial charge on any atom is 0.227 e. The highest BCUT2D eigenvalue weighted by Crippen LogP contribution is 2.18. The van der Waals surface area contributed by atoms with Crippen molar-refractivity contribution in [1.82, 2.24) is 4.90 Å². The summed E-state index contributed by atoms with van der Waals surface area (Å²) in [6.07, 6.45) is 0.887. The SMILES string of the molecule is Cc1ccccc1CC(=O)N(C)[C@H]1CCS(=O)(=O)C1. The fourth-order valence-corrected chi connectivity index (χ4v) is 4.15. The number of aryl methyl sites for hydroxylation is 1. The number of amides is 1. The maximum atomic E-state index is 12.2. The molecule has 1 atom stereocenters. The fraction of sp³-hybridized carbons (Fsp3) is 0.500. The molecule has 104 valence electrons. The van der Waals surface area contributed by atoms with E-state index in [9.17, 15) is 13.2 Å². The zero-order valence-electron chi connectivity index (χ0n) is 11.3. The molecule has 0 aliphatic carbocycles. The Bertz CT molecular complexity index is 580. The van der Waals surface area contributed by atoms with Crippen LogP contribution in [0.5, 0.6) is 0 Å². The van der Waals surface area contributed by atoms with E-state index in [4.69, 9.17) is 0 Å². The Balaban J connectivity index is 2.03. The lowest BCUT2D eigenvalue weighted by Gasteiger charge is -2.23. The van der Waals surface area contributed by atoms with Gasteiger partial charge >= 0.3 is 0 Å². The molecule has 0 spiro atoms. The van der Waals surface area contributed by atoms with Gasteiger partial charge in [-0.15, -0.1) is 0 Å². The summed E-state index contributed by atoms with van der Waals surface area (Å²) in [6.45, 7) is 1.97. The highest BCUT2D eigenvalue weighted by Gasteiger charge is 2.32. The predicted octanol–water partition coefficient (Wildman–Crippen LogP) is 1.18. The Labute approximate surface area is 114 Å². The smallest absolute Gasteiger partial charge is 0.227 e. The Hall–Kier alpha value is -1.36. The van der Waals surface area contributed by atoms with Crippen LogP contribution in [-0.2, 0) is 21.1 Å². The molecular formula is C14H19NO3S. The van der Waals surface area contributed by atoms with Crippen LogP contribution in [0, 0.1) is 6.92 Å². The third-order valence-corrected chi connectivity index (χ3v) is 5.50. The van der Waals surface area contributed by atoms with Crippen LogP contribution in [0.2, 0.25) is 0 Å². The number of sulfone groups is 1. The van der Waals surface area contributed by atoms with Crippen molar-refractivity contribution in [2.75, 3.05) is 18.6 Å². The number of carbonyl (C=O) groups is 1. The second kappa shape index (κ2) is 5.33. The lowest BCUT2D eigenvalue weighted by molar-refractivity contribution is -0.130. The first-order valence-corrected chi connectivity index (χ1v) is 8.22. The van der Waals surface area contributed by atoms with E-state index in [1.165, 1.54) is 0 Å². The third-order valence-electron chi connectivity index (χ3n) is 3.75. The van der Waals surface area contributed by atoms with Crippen LogP contribution in [0.15, 0.2) is 24.3 Å². The molecule has 1 fully saturated rings. The lowest BCUT2D eigenvalue weighted by Crippen LogP contribution is -2.38. The van der Waals surface area contributed by atoms with E-state index in [0.717, 1.165) is 11.1 Å². The molecule has 0 bridgehead atoms. The van der Waals surface area contributed by atoms with Gasteiger partial charge in [0, 0.05) is 13.1 Å². The minimum atomic E-state index is -2.95. The molecule has 0 radical (unpaired) electrons. The fourth-order valence-electron chi connectivity index (χ4n) is 2.38. The minimum absolute atomic E-state index is 0.0172. The van der Waals surface area contributed by atoms with Crippen molar-refractivity contribution in [3.8, 4) is 0 Å². The van der Waals surface area contributed by atoms with Crippen molar-refractivity contribution in [3.05, 3.63) is 35.4 Å². The van der Waals surface area contributed by atoms with Crippen molar-refractivity contribution in [2.24, 2.45) is 0 Å². The molecule has 5 heteroatoms. The van der Waals surface area contributed by atoms with Crippen LogP contribution in [0.3, 0.4) is 0 Å². The van der Waals surface area contributed by atoms with Crippen molar-refractivity contribution in [3.63, 3.8) is 0 Å². The first-order valence-electron chi connectivity index (χ1n) is 6.39. The average Bonchev–Trinajstić information content (AvgIpc) is 2.71. The molecule has 1 aliphatic heterocycles. The highest BCUT2D eigenvalue weighted by molar-refractivity contribution is 7.91. The Kier molecular flexibility index (Phi) is 3.94. The van der Waals surface area contributed by atoms with Crippen molar-refractivity contribution >= 4 is 15.7 Å². The summed E-state index contributed by atoms with van der Waals surface area (Å²) in [5, 5.41) is 0. The second-order valence-electron chi connectivity index (χ2n) is 5.16. The second-order valence-corrected chi connectivity index (χ2v) is 7.39. The van der Waals surface area contributed by atoms with Gasteiger partial charge in [0.2, 0.25) is 5.91 Å². The molecular weight excluding hydrogens is 262 g/mol. The van der Waals surface area contributed by atoms with Crippen LogP contribution in [0.25, 0.3) is 0 Å². The van der Waals surface area contributed by atoms with Crippen molar-refractivity contribution < 1.29 is 13.2 Å². The summed E-state index contributed by atoms with van der Waals surface area (Å²) in [7, 11) is -1.25. The molecule has 0 aromatic heterocycles. The molecule has 4 nitrogen and oxygen atoms in total. The van der Waals surface area contributed by atoms with Crippen molar-refractivity contribution in [2.45, 2.75) is 25.8 Å². The molecule has 19 heavy (non-hydrogen) atoms. The van der Waals surface area contributed by atoms with Crippen LogP contribution in [0.4, 0.5) is 0 Å². The van der Waals surface area contributed by atoms with Gasteiger partial charge in [0.1, 0.15) is 0 Å². The molecule has 1 saturated heterocycles. The highest BCUT2D eigenvalue weighted by atomic mass is 32.2. The van der Waals surface area contributed by atoms with Gasteiger partial charge < -0.3 is 4.90 Å². The van der Waals surface area contributed by atoms with E-state index in [2.05, 4.69) is 0 Å². The van der Waals surface area contributed by atoms with Crippen LogP contribution in [-0.4, -0.2) is 43.8 Å². The molecule has 0 N–H and O–H groups in total. The molecule has 1 heterocycles. The monoisotopic (exact) mass is 281 g/mol. The summed E-state index contributed by atoms with van der Waals surface area (Å²) in [4.78, 5) is 13.8. The van der Waals surface area contributed by atoms with E-state index in [0.29, 0.717) is 12.8 Å². The number of benzene rings is 1. The number of hydrogen-bond acceptors (Lipinski definition) is 3. The van der Waals surface area contributed by atoms with Crippen molar-refractivity contribution in [1.29, 1.82) is 0 Å². The summed E-state index contributed by atoms with van der Waals surface area (Å²) < 4.78 is 22.9. The van der Waals surface area contributed by atoms with Gasteiger partial charge in [-0.3, -0.25) is 4.79 Å². The van der Waals surface area contributed by atoms with Gasteiger partial charge in [-0.25, -0.2) is 8.42 Å². The zero-order valence-corrected chi connectivity index (χ0v) is 12.1. The zero-order chi connectivity index (χ0) is 14.0. The lowest BCUT2D eigenvalue weighted by atomic mass is 10.0. The Morgan fingerprint density at radius 3 is 2.63 bits per heavy atom. The van der Waals surface area contributed by atoms with Crippen LogP contribution < -0.4 is 0 Å². The largest absolute Gasteiger partial charge is 0.341 e. The standard InChI is InChI=1S/C14H19NO3S/c1-11-5-3-4-6-12(11)9-14(16)15(2)13-7-8-19(17,18)10-13/h3-6,13H,7-10H2,1-2H3/t13-/m0/s1. The number of nitrogens with zero attached hydrogens (tertiary/aromatic N) is 1. The molecule has 0 saturated carbocycles. The van der Waals surface area contributed by atoms with Gasteiger partial charge in [0.25, 0.3) is 0 Å². The molecule has 2 rings (SSSR count). The quantitative estimate of drug-likeness (QED) is 0.836.